The lowest BCUT2D eigenvalue weighted by Gasteiger charge is -2.07. The summed E-state index contributed by atoms with van der Waals surface area (Å²) in [5, 5.41) is 5.22. The Balaban J connectivity index is 2.15. The molecule has 2 N–H and O–H groups in total. The summed E-state index contributed by atoms with van der Waals surface area (Å²) in [7, 11) is 0. The van der Waals surface area contributed by atoms with Gasteiger partial charge in [-0.25, -0.2) is 0 Å². The minimum atomic E-state index is -0.494. The molecule has 0 unspecified atom stereocenters. The monoisotopic (exact) mass is 388 g/mol. The number of benzene rings is 1. The van der Waals surface area contributed by atoms with Gasteiger partial charge in [0.15, 0.2) is 10.4 Å². The van der Waals surface area contributed by atoms with Crippen LogP contribution in [0.25, 0.3) is 6.08 Å². The fraction of sp³-hybridized carbons (Fsp3) is 0.111. The van der Waals surface area contributed by atoms with Gasteiger partial charge < -0.3 is 15.1 Å². The molecular weight excluding hydrogens is 372 g/mol. The summed E-state index contributed by atoms with van der Waals surface area (Å²) in [6.07, 6.45) is 5.10. The number of nitrogens with one attached hydrogen (secondary N) is 2. The molecule has 0 aliphatic rings. The van der Waals surface area contributed by atoms with Crippen LogP contribution in [-0.2, 0) is 4.79 Å². The molecule has 0 aliphatic heterocycles. The zero-order valence-electron chi connectivity index (χ0n) is 13.1. The Morgan fingerprint density at radius 1 is 1.17 bits per heavy atom. The molecule has 1 aromatic heterocycles. The summed E-state index contributed by atoms with van der Waals surface area (Å²) in [5.41, 5.74) is 1.13. The third-order valence-corrected chi connectivity index (χ3v) is 3.40. The van der Waals surface area contributed by atoms with Gasteiger partial charge in [0, 0.05) is 6.54 Å². The molecule has 2 rings (SSSR count). The van der Waals surface area contributed by atoms with Crippen molar-refractivity contribution < 1.29 is 14.0 Å². The van der Waals surface area contributed by atoms with E-state index in [1.165, 1.54) is 6.07 Å². The predicted molar refractivity (Wildman–Crippen MR) is 96.1 cm³/mol. The van der Waals surface area contributed by atoms with Crippen molar-refractivity contribution in [3.8, 4) is 0 Å². The number of amides is 2. The highest BCUT2D eigenvalue weighted by Gasteiger charge is 2.15. The molecule has 24 heavy (non-hydrogen) atoms. The molecule has 0 aliphatic carbocycles. The highest BCUT2D eigenvalue weighted by atomic mass is 79.9. The summed E-state index contributed by atoms with van der Waals surface area (Å²) in [6.45, 7) is 2.27. The van der Waals surface area contributed by atoms with Crippen molar-refractivity contribution in [2.24, 2.45) is 0 Å². The summed E-state index contributed by atoms with van der Waals surface area (Å²) >= 11 is 3.14. The number of carbonyl (C=O) groups excluding carboxylic acids is 2. The van der Waals surface area contributed by atoms with Crippen molar-refractivity contribution in [2.45, 2.75) is 6.92 Å². The molecule has 2 aromatic rings. The number of halogens is 1. The first kappa shape index (κ1) is 17.7. The molecule has 1 heterocycles. The van der Waals surface area contributed by atoms with Gasteiger partial charge >= 0.3 is 0 Å². The third kappa shape index (κ3) is 5.24. The van der Waals surface area contributed by atoms with Crippen LogP contribution in [0.3, 0.4) is 0 Å². The van der Waals surface area contributed by atoms with E-state index in [1.807, 2.05) is 36.4 Å². The average Bonchev–Trinajstić information content (AvgIpc) is 3.01. The zero-order valence-corrected chi connectivity index (χ0v) is 14.7. The molecule has 0 atom stereocenters. The summed E-state index contributed by atoms with van der Waals surface area (Å²) in [5.74, 6) is -0.746. The normalized spacial score (nSPS) is 11.5. The maximum absolute atomic E-state index is 12.1. The van der Waals surface area contributed by atoms with E-state index in [2.05, 4.69) is 26.6 Å². The van der Waals surface area contributed by atoms with Crippen LogP contribution >= 0.6 is 15.9 Å². The topological polar surface area (TPSA) is 71.3 Å². The molecular formula is C18H17BrN2O3. The van der Waals surface area contributed by atoms with Crippen LogP contribution in [0.5, 0.6) is 0 Å². The van der Waals surface area contributed by atoms with Gasteiger partial charge in [0.25, 0.3) is 11.8 Å². The molecule has 0 radical (unpaired) electrons. The van der Waals surface area contributed by atoms with Crippen LogP contribution in [-0.4, -0.2) is 18.4 Å². The van der Waals surface area contributed by atoms with Crippen LogP contribution in [0.15, 0.2) is 69.4 Å². The molecule has 1 aromatic carbocycles. The smallest absolute Gasteiger partial charge is 0.291 e. The first-order chi connectivity index (χ1) is 11.6. The Morgan fingerprint density at radius 2 is 1.92 bits per heavy atom. The minimum absolute atomic E-state index is 0.115. The second kappa shape index (κ2) is 8.88. The number of rotatable bonds is 6. The van der Waals surface area contributed by atoms with Crippen LogP contribution in [0, 0.1) is 0 Å². The minimum Gasteiger partial charge on any atom is -0.444 e. The third-order valence-electron chi connectivity index (χ3n) is 2.98. The van der Waals surface area contributed by atoms with Crippen LogP contribution in [0.2, 0.25) is 0 Å². The van der Waals surface area contributed by atoms with E-state index in [-0.39, 0.29) is 17.4 Å². The van der Waals surface area contributed by atoms with Gasteiger partial charge in [-0.05, 0) is 46.6 Å². The van der Waals surface area contributed by atoms with Gasteiger partial charge in [0.1, 0.15) is 5.70 Å². The average molecular weight is 389 g/mol. The van der Waals surface area contributed by atoms with Crippen LogP contribution < -0.4 is 10.6 Å². The number of carbonyl (C=O) groups is 2. The lowest BCUT2D eigenvalue weighted by molar-refractivity contribution is -0.117. The van der Waals surface area contributed by atoms with Gasteiger partial charge in [-0.3, -0.25) is 9.59 Å². The summed E-state index contributed by atoms with van der Waals surface area (Å²) in [6, 6.07) is 12.8. The van der Waals surface area contributed by atoms with Gasteiger partial charge in [0.2, 0.25) is 0 Å². The van der Waals surface area contributed by atoms with Crippen molar-refractivity contribution in [3.63, 3.8) is 0 Å². The van der Waals surface area contributed by atoms with Crippen molar-refractivity contribution in [1.82, 2.24) is 10.6 Å². The number of furan rings is 1. The van der Waals surface area contributed by atoms with E-state index in [9.17, 15) is 9.59 Å². The summed E-state index contributed by atoms with van der Waals surface area (Å²) in [4.78, 5) is 24.2. The quantitative estimate of drug-likeness (QED) is 0.587. The van der Waals surface area contributed by atoms with Crippen molar-refractivity contribution >= 4 is 33.8 Å². The Hall–Kier alpha value is -2.60. The molecule has 0 saturated heterocycles. The summed E-state index contributed by atoms with van der Waals surface area (Å²) < 4.78 is 5.63. The van der Waals surface area contributed by atoms with E-state index < -0.39 is 5.91 Å². The first-order valence-corrected chi connectivity index (χ1v) is 8.17. The van der Waals surface area contributed by atoms with E-state index in [0.717, 1.165) is 5.56 Å². The first-order valence-electron chi connectivity index (χ1n) is 7.38. The van der Waals surface area contributed by atoms with Gasteiger partial charge in [-0.15, -0.1) is 0 Å². The highest BCUT2D eigenvalue weighted by molar-refractivity contribution is 9.10. The second-order valence-electron chi connectivity index (χ2n) is 4.77. The zero-order chi connectivity index (χ0) is 17.4. The van der Waals surface area contributed by atoms with E-state index >= 15 is 0 Å². The fourth-order valence-electron chi connectivity index (χ4n) is 1.87. The van der Waals surface area contributed by atoms with Crippen molar-refractivity contribution in [1.29, 1.82) is 0 Å². The number of hydrogen-bond acceptors (Lipinski definition) is 3. The SMILES string of the molecule is CCNC(=O)/C(=C/C=C/c1ccccc1)NC(=O)c1ccc(Br)o1. The molecule has 0 fully saturated rings. The Labute approximate surface area is 148 Å². The Kier molecular flexibility index (Phi) is 6.57. The maximum Gasteiger partial charge on any atom is 0.291 e. The number of allylic oxidation sites excluding steroid dienone is 2. The number of hydrogen-bond donors (Lipinski definition) is 2. The van der Waals surface area contributed by atoms with Gasteiger partial charge in [-0.2, -0.15) is 0 Å². The van der Waals surface area contributed by atoms with Crippen LogP contribution in [0.1, 0.15) is 23.0 Å². The maximum atomic E-state index is 12.1. The van der Waals surface area contributed by atoms with E-state index in [0.29, 0.717) is 11.2 Å². The molecule has 0 bridgehead atoms. The Bertz CT molecular complexity index is 764. The molecule has 2 amide bonds. The standard InChI is InChI=1S/C18H17BrN2O3/c1-2-20-17(22)14(10-6-9-13-7-4-3-5-8-13)21-18(23)15-11-12-16(19)24-15/h3-12H,2H2,1H3,(H,20,22)(H,21,23)/b9-6+,14-10-. The van der Waals surface area contributed by atoms with Gasteiger partial charge in [0.05, 0.1) is 0 Å². The molecule has 5 nitrogen and oxygen atoms in total. The lowest BCUT2D eigenvalue weighted by atomic mass is 10.2. The Morgan fingerprint density at radius 3 is 2.54 bits per heavy atom. The molecule has 0 spiro atoms. The highest BCUT2D eigenvalue weighted by Crippen LogP contribution is 2.14. The largest absolute Gasteiger partial charge is 0.444 e. The van der Waals surface area contributed by atoms with Crippen LogP contribution in [0.4, 0.5) is 0 Å². The van der Waals surface area contributed by atoms with Crippen molar-refractivity contribution in [3.05, 3.63) is 76.3 Å². The lowest BCUT2D eigenvalue weighted by Crippen LogP contribution is -2.34. The van der Waals surface area contributed by atoms with Gasteiger partial charge in [-0.1, -0.05) is 42.5 Å². The van der Waals surface area contributed by atoms with E-state index in [1.54, 1.807) is 25.1 Å². The number of likely N-dealkylation sites (N-methyl/N-ethyl adjacent to an activating group) is 1. The molecule has 124 valence electrons. The molecule has 6 heteroatoms. The van der Waals surface area contributed by atoms with Crippen molar-refractivity contribution in [2.75, 3.05) is 6.54 Å². The van der Waals surface area contributed by atoms with E-state index in [4.69, 9.17) is 4.42 Å². The predicted octanol–water partition coefficient (Wildman–Crippen LogP) is 3.51. The fourth-order valence-corrected chi connectivity index (χ4v) is 2.18. The second-order valence-corrected chi connectivity index (χ2v) is 5.55. The molecule has 0 saturated carbocycles.